The van der Waals surface area contributed by atoms with Crippen molar-refractivity contribution < 1.29 is 4.74 Å². The van der Waals surface area contributed by atoms with Gasteiger partial charge < -0.3 is 10.1 Å². The van der Waals surface area contributed by atoms with E-state index in [0.29, 0.717) is 6.61 Å². The van der Waals surface area contributed by atoms with Crippen molar-refractivity contribution in [2.45, 2.75) is 20.5 Å². The Labute approximate surface area is 154 Å². The van der Waals surface area contributed by atoms with Gasteiger partial charge in [-0.05, 0) is 65.2 Å². The van der Waals surface area contributed by atoms with Gasteiger partial charge in [-0.1, -0.05) is 12.1 Å². The molecule has 0 radical (unpaired) electrons. The Hall–Kier alpha value is -1.85. The zero-order valence-corrected chi connectivity index (χ0v) is 16.3. The standard InChI is InChI=1S/C19H19BrN2OS/c1-12-5-4-6-16(21-3)15(12)10-23-17-8-7-14(9-13(17)2)19-22-18(20)11-24-19/h4-9,11,21H,10H2,1-3H3. The smallest absolute Gasteiger partial charge is 0.124 e. The van der Waals surface area contributed by atoms with E-state index < -0.39 is 0 Å². The van der Waals surface area contributed by atoms with Gasteiger partial charge in [0.15, 0.2) is 0 Å². The number of ether oxygens (including phenoxy) is 1. The predicted molar refractivity (Wildman–Crippen MR) is 105 cm³/mol. The second-order valence-corrected chi connectivity index (χ2v) is 7.27. The summed E-state index contributed by atoms with van der Waals surface area (Å²) < 4.78 is 6.95. The van der Waals surface area contributed by atoms with Crippen LogP contribution in [0.25, 0.3) is 10.6 Å². The molecule has 0 fully saturated rings. The summed E-state index contributed by atoms with van der Waals surface area (Å²) in [5.41, 5.74) is 5.74. The molecule has 3 rings (SSSR count). The summed E-state index contributed by atoms with van der Waals surface area (Å²) in [6.07, 6.45) is 0. The van der Waals surface area contributed by atoms with Crippen molar-refractivity contribution in [3.05, 3.63) is 63.1 Å². The molecule has 0 amide bonds. The van der Waals surface area contributed by atoms with Crippen molar-refractivity contribution in [1.29, 1.82) is 0 Å². The molecule has 0 atom stereocenters. The lowest BCUT2D eigenvalue weighted by molar-refractivity contribution is 0.304. The molecule has 24 heavy (non-hydrogen) atoms. The fraction of sp³-hybridized carbons (Fsp3) is 0.211. The van der Waals surface area contributed by atoms with Crippen LogP contribution in [0.2, 0.25) is 0 Å². The molecule has 1 N–H and O–H groups in total. The van der Waals surface area contributed by atoms with Crippen LogP contribution in [0.1, 0.15) is 16.7 Å². The number of anilines is 1. The zero-order chi connectivity index (χ0) is 17.1. The highest BCUT2D eigenvalue weighted by Gasteiger charge is 2.09. The van der Waals surface area contributed by atoms with Gasteiger partial charge in [0.25, 0.3) is 0 Å². The van der Waals surface area contributed by atoms with Crippen LogP contribution in [0.3, 0.4) is 0 Å². The average molecular weight is 403 g/mol. The minimum absolute atomic E-state index is 0.547. The number of aromatic nitrogens is 1. The van der Waals surface area contributed by atoms with Gasteiger partial charge in [0.1, 0.15) is 22.0 Å². The van der Waals surface area contributed by atoms with Gasteiger partial charge in [-0.2, -0.15) is 0 Å². The molecule has 3 aromatic rings. The number of hydrogen-bond donors (Lipinski definition) is 1. The number of nitrogens with one attached hydrogen (secondary N) is 1. The van der Waals surface area contributed by atoms with Crippen molar-refractivity contribution in [3.63, 3.8) is 0 Å². The van der Waals surface area contributed by atoms with Gasteiger partial charge in [0, 0.05) is 29.2 Å². The predicted octanol–water partition coefficient (Wildman–Crippen LogP) is 5.81. The number of nitrogens with zero attached hydrogens (tertiary/aromatic N) is 1. The molecule has 2 aromatic carbocycles. The third-order valence-corrected chi connectivity index (χ3v) is 5.55. The van der Waals surface area contributed by atoms with Gasteiger partial charge in [-0.15, -0.1) is 11.3 Å². The first-order valence-electron chi connectivity index (χ1n) is 7.69. The molecule has 5 heteroatoms. The highest BCUT2D eigenvalue weighted by atomic mass is 79.9. The van der Waals surface area contributed by atoms with Crippen molar-refractivity contribution in [1.82, 2.24) is 4.98 Å². The van der Waals surface area contributed by atoms with Gasteiger partial charge in [0.2, 0.25) is 0 Å². The van der Waals surface area contributed by atoms with E-state index in [1.54, 1.807) is 11.3 Å². The topological polar surface area (TPSA) is 34.1 Å². The van der Waals surface area contributed by atoms with E-state index in [2.05, 4.69) is 70.4 Å². The minimum Gasteiger partial charge on any atom is -0.489 e. The van der Waals surface area contributed by atoms with E-state index >= 15 is 0 Å². The summed E-state index contributed by atoms with van der Waals surface area (Å²) in [5.74, 6) is 0.902. The molecule has 0 saturated carbocycles. The lowest BCUT2D eigenvalue weighted by atomic mass is 10.1. The van der Waals surface area contributed by atoms with E-state index in [0.717, 1.165) is 32.2 Å². The van der Waals surface area contributed by atoms with Gasteiger partial charge in [-0.25, -0.2) is 4.98 Å². The fourth-order valence-electron chi connectivity index (χ4n) is 2.61. The summed E-state index contributed by atoms with van der Waals surface area (Å²) in [5, 5.41) is 6.23. The highest BCUT2D eigenvalue weighted by molar-refractivity contribution is 9.10. The maximum absolute atomic E-state index is 6.08. The largest absolute Gasteiger partial charge is 0.489 e. The number of aryl methyl sites for hydroxylation is 2. The van der Waals surface area contributed by atoms with E-state index in [4.69, 9.17) is 4.74 Å². The molecular weight excluding hydrogens is 384 g/mol. The first-order valence-corrected chi connectivity index (χ1v) is 9.37. The lowest BCUT2D eigenvalue weighted by Crippen LogP contribution is -2.03. The second-order valence-electron chi connectivity index (χ2n) is 5.60. The molecule has 0 spiro atoms. The molecular formula is C19H19BrN2OS. The van der Waals surface area contributed by atoms with Crippen molar-refractivity contribution >= 4 is 33.0 Å². The highest BCUT2D eigenvalue weighted by Crippen LogP contribution is 2.30. The lowest BCUT2D eigenvalue weighted by Gasteiger charge is -2.15. The van der Waals surface area contributed by atoms with Crippen molar-refractivity contribution in [2.24, 2.45) is 0 Å². The summed E-state index contributed by atoms with van der Waals surface area (Å²) in [6.45, 7) is 4.72. The van der Waals surface area contributed by atoms with Crippen LogP contribution in [0.4, 0.5) is 5.69 Å². The third-order valence-electron chi connectivity index (χ3n) is 3.95. The Morgan fingerprint density at radius 3 is 2.67 bits per heavy atom. The summed E-state index contributed by atoms with van der Waals surface area (Å²) in [7, 11) is 1.93. The molecule has 0 unspecified atom stereocenters. The molecule has 3 nitrogen and oxygen atoms in total. The molecule has 0 saturated heterocycles. The van der Waals surface area contributed by atoms with Crippen LogP contribution in [-0.2, 0) is 6.61 Å². The summed E-state index contributed by atoms with van der Waals surface area (Å²) in [4.78, 5) is 4.47. The molecule has 1 heterocycles. The molecule has 0 aliphatic carbocycles. The SMILES string of the molecule is CNc1cccc(C)c1COc1ccc(-c2nc(Br)cs2)cc1C. The maximum atomic E-state index is 6.08. The number of rotatable bonds is 5. The second kappa shape index (κ2) is 7.36. The Balaban J connectivity index is 1.79. The van der Waals surface area contributed by atoms with E-state index in [1.165, 1.54) is 11.1 Å². The van der Waals surface area contributed by atoms with Gasteiger partial charge in [0.05, 0.1) is 0 Å². The van der Waals surface area contributed by atoms with Crippen LogP contribution in [0.15, 0.2) is 46.4 Å². The van der Waals surface area contributed by atoms with E-state index in [9.17, 15) is 0 Å². The minimum atomic E-state index is 0.547. The number of hydrogen-bond acceptors (Lipinski definition) is 4. The third kappa shape index (κ3) is 3.62. The van der Waals surface area contributed by atoms with Crippen LogP contribution in [0.5, 0.6) is 5.75 Å². The average Bonchev–Trinajstić information content (AvgIpc) is 3.01. The Kier molecular flexibility index (Phi) is 5.21. The first kappa shape index (κ1) is 17.0. The Morgan fingerprint density at radius 2 is 2.00 bits per heavy atom. The van der Waals surface area contributed by atoms with Crippen molar-refractivity contribution in [2.75, 3.05) is 12.4 Å². The molecule has 0 aliphatic heterocycles. The first-order chi connectivity index (χ1) is 11.6. The summed E-state index contributed by atoms with van der Waals surface area (Å²) >= 11 is 5.03. The van der Waals surface area contributed by atoms with Gasteiger partial charge in [-0.3, -0.25) is 0 Å². The zero-order valence-electron chi connectivity index (χ0n) is 13.9. The molecule has 1 aromatic heterocycles. The summed E-state index contributed by atoms with van der Waals surface area (Å²) in [6, 6.07) is 12.4. The normalized spacial score (nSPS) is 10.7. The molecule has 0 bridgehead atoms. The number of thiazole rings is 1. The molecule has 0 aliphatic rings. The monoisotopic (exact) mass is 402 g/mol. The fourth-order valence-corrected chi connectivity index (χ4v) is 3.86. The number of benzene rings is 2. The number of halogens is 1. The van der Waals surface area contributed by atoms with Crippen LogP contribution < -0.4 is 10.1 Å². The maximum Gasteiger partial charge on any atom is 0.124 e. The quantitative estimate of drug-likeness (QED) is 0.584. The van der Waals surface area contributed by atoms with Crippen LogP contribution in [-0.4, -0.2) is 12.0 Å². The van der Waals surface area contributed by atoms with Gasteiger partial charge >= 0.3 is 0 Å². The van der Waals surface area contributed by atoms with Crippen molar-refractivity contribution in [3.8, 4) is 16.3 Å². The Bertz CT molecular complexity index is 860. The van der Waals surface area contributed by atoms with E-state index in [-0.39, 0.29) is 0 Å². The van der Waals surface area contributed by atoms with Crippen LogP contribution in [0, 0.1) is 13.8 Å². The van der Waals surface area contributed by atoms with E-state index in [1.807, 2.05) is 18.5 Å². The molecule has 124 valence electrons. The Morgan fingerprint density at radius 1 is 1.17 bits per heavy atom. The van der Waals surface area contributed by atoms with Crippen LogP contribution >= 0.6 is 27.3 Å².